The van der Waals surface area contributed by atoms with Crippen molar-refractivity contribution in [1.82, 2.24) is 5.43 Å². The maximum Gasteiger partial charge on any atom is 0.240 e. The van der Waals surface area contributed by atoms with E-state index in [-0.39, 0.29) is 5.91 Å². The van der Waals surface area contributed by atoms with Crippen LogP contribution in [0.2, 0.25) is 5.02 Å². The third-order valence-corrected chi connectivity index (χ3v) is 3.15. The molecule has 1 aromatic rings. The molecule has 19 heavy (non-hydrogen) atoms. The van der Waals surface area contributed by atoms with Crippen LogP contribution in [0.3, 0.4) is 0 Å². The Morgan fingerprint density at radius 2 is 2.00 bits per heavy atom. The largest absolute Gasteiger partial charge is 0.273 e. The van der Waals surface area contributed by atoms with Gasteiger partial charge < -0.3 is 0 Å². The zero-order valence-electron chi connectivity index (χ0n) is 11.4. The molecule has 3 nitrogen and oxygen atoms in total. The highest BCUT2D eigenvalue weighted by Crippen LogP contribution is 2.12. The van der Waals surface area contributed by atoms with E-state index >= 15 is 0 Å². The molecule has 0 saturated heterocycles. The minimum Gasteiger partial charge on any atom is -0.273 e. The van der Waals surface area contributed by atoms with E-state index in [1.807, 2.05) is 18.2 Å². The first-order chi connectivity index (χ1) is 9.24. The quantitative estimate of drug-likeness (QED) is 0.434. The lowest BCUT2D eigenvalue weighted by molar-refractivity contribution is -0.121. The maximum absolute atomic E-state index is 11.5. The Kier molecular flexibility index (Phi) is 7.91. The number of hydrogen-bond donors (Lipinski definition) is 1. The van der Waals surface area contributed by atoms with Crippen LogP contribution in [0.5, 0.6) is 0 Å². The van der Waals surface area contributed by atoms with Gasteiger partial charge in [-0.15, -0.1) is 0 Å². The fourth-order valence-electron chi connectivity index (χ4n) is 1.70. The molecule has 0 aromatic heterocycles. The Balaban J connectivity index is 2.21. The summed E-state index contributed by atoms with van der Waals surface area (Å²) < 4.78 is 0. The van der Waals surface area contributed by atoms with E-state index in [0.29, 0.717) is 11.4 Å². The van der Waals surface area contributed by atoms with Crippen molar-refractivity contribution in [2.75, 3.05) is 0 Å². The number of hydrogen-bond acceptors (Lipinski definition) is 2. The number of rotatable bonds is 8. The maximum atomic E-state index is 11.5. The standard InChI is InChI=1S/C15H21ClN2O/c1-2-3-4-5-6-11-15(19)18-17-12-13-9-7-8-10-14(13)16/h7-10,12H,2-6,11H2,1H3,(H,18,19)/b17-12+. The molecule has 0 atom stereocenters. The molecule has 1 rings (SSSR count). The molecule has 0 radical (unpaired) electrons. The SMILES string of the molecule is CCCCCCCC(=O)N/N=C/c1ccccc1Cl. The van der Waals surface area contributed by atoms with Crippen LogP contribution >= 0.6 is 11.6 Å². The van der Waals surface area contributed by atoms with Crippen LogP contribution in [0, 0.1) is 0 Å². The minimum absolute atomic E-state index is 0.0418. The summed E-state index contributed by atoms with van der Waals surface area (Å²) in [6, 6.07) is 7.37. The van der Waals surface area contributed by atoms with Gasteiger partial charge in [0.15, 0.2) is 0 Å². The monoisotopic (exact) mass is 280 g/mol. The van der Waals surface area contributed by atoms with Crippen molar-refractivity contribution in [2.45, 2.75) is 45.4 Å². The highest BCUT2D eigenvalue weighted by molar-refractivity contribution is 6.33. The molecule has 0 bridgehead atoms. The van der Waals surface area contributed by atoms with Gasteiger partial charge in [0, 0.05) is 17.0 Å². The Labute approximate surface area is 120 Å². The predicted molar refractivity (Wildman–Crippen MR) is 80.6 cm³/mol. The molecule has 104 valence electrons. The van der Waals surface area contributed by atoms with Crippen molar-refractivity contribution in [3.63, 3.8) is 0 Å². The molecule has 0 saturated carbocycles. The number of benzene rings is 1. The molecule has 4 heteroatoms. The molecule has 0 aliphatic heterocycles. The van der Waals surface area contributed by atoms with Gasteiger partial charge in [-0.3, -0.25) is 4.79 Å². The van der Waals surface area contributed by atoms with E-state index in [4.69, 9.17) is 11.6 Å². The third-order valence-electron chi connectivity index (χ3n) is 2.81. The fraction of sp³-hybridized carbons (Fsp3) is 0.467. The van der Waals surface area contributed by atoms with Crippen molar-refractivity contribution in [1.29, 1.82) is 0 Å². The summed E-state index contributed by atoms with van der Waals surface area (Å²) in [5.41, 5.74) is 3.32. The zero-order valence-corrected chi connectivity index (χ0v) is 12.1. The normalized spacial score (nSPS) is 10.8. The number of unbranched alkanes of at least 4 members (excludes halogenated alkanes) is 4. The summed E-state index contributed by atoms with van der Waals surface area (Å²) in [5.74, 6) is -0.0418. The molecule has 1 amide bonds. The molecule has 1 aromatic carbocycles. The van der Waals surface area contributed by atoms with Gasteiger partial charge in [0.25, 0.3) is 0 Å². The van der Waals surface area contributed by atoms with Crippen LogP contribution in [0.1, 0.15) is 51.0 Å². The van der Waals surface area contributed by atoms with Crippen molar-refractivity contribution >= 4 is 23.7 Å². The Bertz CT molecular complexity index is 418. The molecule has 0 fully saturated rings. The van der Waals surface area contributed by atoms with E-state index < -0.39 is 0 Å². The van der Waals surface area contributed by atoms with Gasteiger partial charge >= 0.3 is 0 Å². The molecule has 0 unspecified atom stereocenters. The van der Waals surface area contributed by atoms with Crippen molar-refractivity contribution in [3.05, 3.63) is 34.9 Å². The average molecular weight is 281 g/mol. The second kappa shape index (κ2) is 9.56. The first-order valence-corrected chi connectivity index (χ1v) is 7.18. The van der Waals surface area contributed by atoms with Gasteiger partial charge in [-0.05, 0) is 12.5 Å². The summed E-state index contributed by atoms with van der Waals surface area (Å²) >= 11 is 5.97. The van der Waals surface area contributed by atoms with E-state index in [1.54, 1.807) is 12.3 Å². The van der Waals surface area contributed by atoms with Crippen molar-refractivity contribution in [3.8, 4) is 0 Å². The number of amides is 1. The van der Waals surface area contributed by atoms with Gasteiger partial charge in [-0.2, -0.15) is 5.10 Å². The highest BCUT2D eigenvalue weighted by atomic mass is 35.5. The topological polar surface area (TPSA) is 41.5 Å². The molecule has 0 spiro atoms. The lowest BCUT2D eigenvalue weighted by Crippen LogP contribution is -2.16. The number of halogens is 1. The molecule has 0 aliphatic rings. The summed E-state index contributed by atoms with van der Waals surface area (Å²) in [5, 5.41) is 4.53. The van der Waals surface area contributed by atoms with Gasteiger partial charge in [-0.25, -0.2) is 5.43 Å². The number of hydrazone groups is 1. The van der Waals surface area contributed by atoms with E-state index in [2.05, 4.69) is 17.5 Å². The van der Waals surface area contributed by atoms with Gasteiger partial charge in [-0.1, -0.05) is 62.4 Å². The van der Waals surface area contributed by atoms with Crippen LogP contribution in [0.4, 0.5) is 0 Å². The second-order valence-electron chi connectivity index (χ2n) is 4.48. The molecule has 0 heterocycles. The van der Waals surface area contributed by atoms with Crippen LogP contribution in [0.15, 0.2) is 29.4 Å². The van der Waals surface area contributed by atoms with Gasteiger partial charge in [0.05, 0.1) is 6.21 Å². The van der Waals surface area contributed by atoms with Crippen LogP contribution in [-0.2, 0) is 4.79 Å². The fourth-order valence-corrected chi connectivity index (χ4v) is 1.88. The van der Waals surface area contributed by atoms with E-state index in [9.17, 15) is 4.79 Å². The lowest BCUT2D eigenvalue weighted by Gasteiger charge is -2.00. The van der Waals surface area contributed by atoms with Crippen molar-refractivity contribution in [2.24, 2.45) is 5.10 Å². The summed E-state index contributed by atoms with van der Waals surface area (Å²) in [6.07, 6.45) is 7.79. The Morgan fingerprint density at radius 1 is 1.26 bits per heavy atom. The molecular formula is C15H21ClN2O. The number of nitrogens with zero attached hydrogens (tertiary/aromatic N) is 1. The first-order valence-electron chi connectivity index (χ1n) is 6.80. The first kappa shape index (κ1) is 15.7. The van der Waals surface area contributed by atoms with Crippen molar-refractivity contribution < 1.29 is 4.79 Å². The molecule has 0 aliphatic carbocycles. The summed E-state index contributed by atoms with van der Waals surface area (Å²) in [6.45, 7) is 2.18. The average Bonchev–Trinajstić information content (AvgIpc) is 2.41. The van der Waals surface area contributed by atoms with Crippen LogP contribution in [0.25, 0.3) is 0 Å². The zero-order chi connectivity index (χ0) is 13.9. The Hall–Kier alpha value is -1.35. The number of nitrogens with one attached hydrogen (secondary N) is 1. The Morgan fingerprint density at radius 3 is 2.74 bits per heavy atom. The molecule has 1 N–H and O–H groups in total. The van der Waals surface area contributed by atoms with Gasteiger partial charge in [0.2, 0.25) is 5.91 Å². The minimum atomic E-state index is -0.0418. The van der Waals surface area contributed by atoms with Crippen LogP contribution in [-0.4, -0.2) is 12.1 Å². The third kappa shape index (κ3) is 6.97. The van der Waals surface area contributed by atoms with E-state index in [1.165, 1.54) is 19.3 Å². The molecular weight excluding hydrogens is 260 g/mol. The predicted octanol–water partition coefficient (Wildman–Crippen LogP) is 4.15. The highest BCUT2D eigenvalue weighted by Gasteiger charge is 1.99. The van der Waals surface area contributed by atoms with Gasteiger partial charge in [0.1, 0.15) is 0 Å². The summed E-state index contributed by atoms with van der Waals surface area (Å²) in [4.78, 5) is 11.5. The summed E-state index contributed by atoms with van der Waals surface area (Å²) in [7, 11) is 0. The van der Waals surface area contributed by atoms with E-state index in [0.717, 1.165) is 18.4 Å². The lowest BCUT2D eigenvalue weighted by atomic mass is 10.1. The van der Waals surface area contributed by atoms with Crippen LogP contribution < -0.4 is 5.43 Å². The second-order valence-corrected chi connectivity index (χ2v) is 4.89. The number of carbonyl (C=O) groups is 1. The smallest absolute Gasteiger partial charge is 0.240 e. The number of carbonyl (C=O) groups excluding carboxylic acids is 1.